The van der Waals surface area contributed by atoms with E-state index in [-0.39, 0.29) is 11.4 Å². The van der Waals surface area contributed by atoms with Gasteiger partial charge in [0.15, 0.2) is 0 Å². The van der Waals surface area contributed by atoms with Crippen molar-refractivity contribution in [2.75, 3.05) is 26.7 Å². The first-order valence-corrected chi connectivity index (χ1v) is 7.37. The van der Waals surface area contributed by atoms with Gasteiger partial charge in [-0.1, -0.05) is 11.6 Å². The molecule has 1 fully saturated rings. The van der Waals surface area contributed by atoms with Gasteiger partial charge < -0.3 is 4.90 Å². The van der Waals surface area contributed by atoms with E-state index in [2.05, 4.69) is 41.7 Å². The van der Waals surface area contributed by atoms with E-state index in [1.807, 2.05) is 30.0 Å². The first kappa shape index (κ1) is 14.5. The Hall–Kier alpha value is -0.870. The highest BCUT2D eigenvalue weighted by molar-refractivity contribution is 9.10. The number of rotatable bonds is 1. The number of hydrogen-bond acceptors (Lipinski definition) is 2. The van der Waals surface area contributed by atoms with Crippen LogP contribution in [0.4, 0.5) is 0 Å². The Balaban J connectivity index is 2.23. The van der Waals surface area contributed by atoms with Gasteiger partial charge in [-0.2, -0.15) is 0 Å². The summed E-state index contributed by atoms with van der Waals surface area (Å²) in [5.41, 5.74) is 1.91. The number of carbonyl (C=O) groups is 1. The summed E-state index contributed by atoms with van der Waals surface area (Å²) in [5.74, 6) is 0.122. The lowest BCUT2D eigenvalue weighted by Crippen LogP contribution is -2.58. The zero-order valence-corrected chi connectivity index (χ0v) is 13.6. The fourth-order valence-corrected chi connectivity index (χ4v) is 2.80. The Labute approximate surface area is 123 Å². The Morgan fingerprint density at radius 1 is 1.32 bits per heavy atom. The van der Waals surface area contributed by atoms with Gasteiger partial charge in [-0.05, 0) is 55.9 Å². The lowest BCUT2D eigenvalue weighted by Gasteiger charge is -2.45. The second-order valence-corrected chi connectivity index (χ2v) is 6.80. The zero-order valence-electron chi connectivity index (χ0n) is 12.0. The first-order chi connectivity index (χ1) is 8.81. The van der Waals surface area contributed by atoms with Crippen LogP contribution in [0.25, 0.3) is 0 Å². The predicted molar refractivity (Wildman–Crippen MR) is 81.5 cm³/mol. The molecule has 1 aliphatic heterocycles. The Morgan fingerprint density at radius 2 is 2.00 bits per heavy atom. The van der Waals surface area contributed by atoms with Gasteiger partial charge in [0, 0.05) is 29.6 Å². The highest BCUT2D eigenvalue weighted by Crippen LogP contribution is 2.24. The second kappa shape index (κ2) is 5.25. The van der Waals surface area contributed by atoms with Crippen LogP contribution in [0.1, 0.15) is 29.8 Å². The van der Waals surface area contributed by atoms with Crippen LogP contribution in [-0.4, -0.2) is 47.9 Å². The molecule has 1 amide bonds. The first-order valence-electron chi connectivity index (χ1n) is 6.58. The van der Waals surface area contributed by atoms with Crippen molar-refractivity contribution >= 4 is 21.8 Å². The van der Waals surface area contributed by atoms with Crippen LogP contribution in [0.2, 0.25) is 0 Å². The molecule has 104 valence electrons. The molecule has 0 bridgehead atoms. The van der Waals surface area contributed by atoms with E-state index >= 15 is 0 Å². The maximum atomic E-state index is 12.6. The van der Waals surface area contributed by atoms with Gasteiger partial charge in [0.1, 0.15) is 0 Å². The maximum absolute atomic E-state index is 12.6. The summed E-state index contributed by atoms with van der Waals surface area (Å²) >= 11 is 3.48. The zero-order chi connectivity index (χ0) is 14.2. The van der Waals surface area contributed by atoms with Crippen LogP contribution in [0.15, 0.2) is 22.7 Å². The highest BCUT2D eigenvalue weighted by atomic mass is 79.9. The lowest BCUT2D eigenvalue weighted by molar-refractivity contribution is 0.0310. The molecule has 0 saturated carbocycles. The van der Waals surface area contributed by atoms with Gasteiger partial charge in [0.25, 0.3) is 5.91 Å². The van der Waals surface area contributed by atoms with Crippen molar-refractivity contribution in [2.24, 2.45) is 0 Å². The number of piperazine rings is 1. The molecule has 1 aromatic rings. The van der Waals surface area contributed by atoms with Crippen molar-refractivity contribution < 1.29 is 4.79 Å². The summed E-state index contributed by atoms with van der Waals surface area (Å²) in [6.07, 6.45) is 0. The molecular formula is C15H21BrN2O. The summed E-state index contributed by atoms with van der Waals surface area (Å²) in [7, 11) is 2.12. The van der Waals surface area contributed by atoms with E-state index in [0.29, 0.717) is 0 Å². The molecule has 0 aliphatic carbocycles. The molecule has 2 rings (SSSR count). The fraction of sp³-hybridized carbons (Fsp3) is 0.533. The average molecular weight is 325 g/mol. The molecule has 3 nitrogen and oxygen atoms in total. The normalized spacial score (nSPS) is 19.5. The third-order valence-electron chi connectivity index (χ3n) is 3.96. The molecule has 0 spiro atoms. The van der Waals surface area contributed by atoms with Crippen molar-refractivity contribution in [3.8, 4) is 0 Å². The molecule has 0 aromatic heterocycles. The summed E-state index contributed by atoms with van der Waals surface area (Å²) in [5, 5.41) is 0. The van der Waals surface area contributed by atoms with Gasteiger partial charge in [-0.25, -0.2) is 0 Å². The van der Waals surface area contributed by atoms with E-state index in [1.165, 1.54) is 0 Å². The molecule has 1 aromatic carbocycles. The van der Waals surface area contributed by atoms with E-state index < -0.39 is 0 Å². The fourth-order valence-electron chi connectivity index (χ4n) is 2.39. The number of amides is 1. The Kier molecular flexibility index (Phi) is 4.02. The van der Waals surface area contributed by atoms with Crippen LogP contribution in [0, 0.1) is 6.92 Å². The molecule has 0 unspecified atom stereocenters. The highest BCUT2D eigenvalue weighted by Gasteiger charge is 2.33. The standard InChI is InChI=1S/C15H21BrN2O/c1-11-5-6-13(16)12(9-11)14(19)18-8-7-17(4)15(2,3)10-18/h5-6,9H,7-8,10H2,1-4H3. The predicted octanol–water partition coefficient (Wildman–Crippen LogP) is 2.92. The third kappa shape index (κ3) is 3.00. The molecule has 1 heterocycles. The van der Waals surface area contributed by atoms with Gasteiger partial charge in [-0.15, -0.1) is 0 Å². The maximum Gasteiger partial charge on any atom is 0.255 e. The Morgan fingerprint density at radius 3 is 2.63 bits per heavy atom. The van der Waals surface area contributed by atoms with Gasteiger partial charge in [-0.3, -0.25) is 9.69 Å². The third-order valence-corrected chi connectivity index (χ3v) is 4.65. The quantitative estimate of drug-likeness (QED) is 0.793. The monoisotopic (exact) mass is 324 g/mol. The van der Waals surface area contributed by atoms with Crippen molar-refractivity contribution in [3.63, 3.8) is 0 Å². The number of carbonyl (C=O) groups excluding carboxylic acids is 1. The van der Waals surface area contributed by atoms with Crippen LogP contribution in [-0.2, 0) is 0 Å². The topological polar surface area (TPSA) is 23.6 Å². The minimum atomic E-state index is 0.0320. The van der Waals surface area contributed by atoms with Crippen molar-refractivity contribution in [1.82, 2.24) is 9.80 Å². The molecular weight excluding hydrogens is 304 g/mol. The van der Waals surface area contributed by atoms with Gasteiger partial charge in [0.2, 0.25) is 0 Å². The van der Waals surface area contributed by atoms with Crippen LogP contribution >= 0.6 is 15.9 Å². The smallest absolute Gasteiger partial charge is 0.255 e. The molecule has 1 saturated heterocycles. The van der Waals surface area contributed by atoms with Crippen molar-refractivity contribution in [2.45, 2.75) is 26.3 Å². The SMILES string of the molecule is Cc1ccc(Br)c(C(=O)N2CCN(C)C(C)(C)C2)c1. The summed E-state index contributed by atoms with van der Waals surface area (Å²) in [6, 6.07) is 5.91. The van der Waals surface area contributed by atoms with Crippen LogP contribution in [0.3, 0.4) is 0 Å². The minimum Gasteiger partial charge on any atom is -0.335 e. The van der Waals surface area contributed by atoms with E-state index in [4.69, 9.17) is 0 Å². The summed E-state index contributed by atoms with van der Waals surface area (Å²) in [6.45, 7) is 8.84. The minimum absolute atomic E-state index is 0.0320. The molecule has 0 radical (unpaired) electrons. The number of aryl methyl sites for hydroxylation is 1. The average Bonchev–Trinajstić information content (AvgIpc) is 2.35. The van der Waals surface area contributed by atoms with Crippen LogP contribution in [0.5, 0.6) is 0 Å². The molecule has 19 heavy (non-hydrogen) atoms. The van der Waals surface area contributed by atoms with Crippen molar-refractivity contribution in [1.29, 1.82) is 0 Å². The number of hydrogen-bond donors (Lipinski definition) is 0. The molecule has 0 N–H and O–H groups in total. The Bertz CT molecular complexity index is 499. The largest absolute Gasteiger partial charge is 0.335 e. The van der Waals surface area contributed by atoms with E-state index in [9.17, 15) is 4.79 Å². The summed E-state index contributed by atoms with van der Waals surface area (Å²) in [4.78, 5) is 16.9. The lowest BCUT2D eigenvalue weighted by atomic mass is 9.99. The van der Waals surface area contributed by atoms with E-state index in [0.717, 1.165) is 35.2 Å². The number of halogens is 1. The molecule has 1 aliphatic rings. The van der Waals surface area contributed by atoms with Gasteiger partial charge >= 0.3 is 0 Å². The summed E-state index contributed by atoms with van der Waals surface area (Å²) < 4.78 is 0.875. The van der Waals surface area contributed by atoms with Gasteiger partial charge in [0.05, 0.1) is 5.56 Å². The van der Waals surface area contributed by atoms with Crippen LogP contribution < -0.4 is 0 Å². The van der Waals surface area contributed by atoms with Crippen molar-refractivity contribution in [3.05, 3.63) is 33.8 Å². The molecule has 4 heteroatoms. The van der Waals surface area contributed by atoms with E-state index in [1.54, 1.807) is 0 Å². The number of likely N-dealkylation sites (N-methyl/N-ethyl adjacent to an activating group) is 1. The number of nitrogens with zero attached hydrogens (tertiary/aromatic N) is 2. The number of benzene rings is 1. The molecule has 0 atom stereocenters. The second-order valence-electron chi connectivity index (χ2n) is 5.94.